The number of hydrogen-bond acceptors (Lipinski definition) is 3. The molecule has 4 aromatic heterocycles. The Kier molecular flexibility index (Phi) is 9.43. The van der Waals surface area contributed by atoms with E-state index in [2.05, 4.69) is 197 Å². The zero-order valence-electron chi connectivity index (χ0n) is 34.8. The monoisotopic (exact) mass is 800 g/mol. The van der Waals surface area contributed by atoms with Crippen molar-refractivity contribution in [1.82, 2.24) is 19.1 Å². The Balaban J connectivity index is 0.000000820. The van der Waals surface area contributed by atoms with Crippen molar-refractivity contribution in [2.24, 2.45) is 0 Å². The summed E-state index contributed by atoms with van der Waals surface area (Å²) in [5.74, 6) is 0. The van der Waals surface area contributed by atoms with E-state index in [-0.39, 0.29) is 0 Å². The summed E-state index contributed by atoms with van der Waals surface area (Å²) in [6.07, 6.45) is 5.70. The maximum Gasteiger partial charge on any atom is 0.180 e. The largest absolute Gasteiger partial charge is 0.452 e. The van der Waals surface area contributed by atoms with E-state index in [0.717, 1.165) is 50.2 Å². The summed E-state index contributed by atoms with van der Waals surface area (Å²) < 4.78 is 11.0. The van der Waals surface area contributed by atoms with Gasteiger partial charge in [0.15, 0.2) is 5.58 Å². The van der Waals surface area contributed by atoms with E-state index < -0.39 is 0 Å². The molecular weight excluding hydrogens is 757 g/mol. The number of fused-ring (bicyclic) bond motifs is 9. The average Bonchev–Trinajstić information content (AvgIpc) is 4.00. The molecular formula is C57H44N4O. The third-order valence-electron chi connectivity index (χ3n) is 12.2. The number of furan rings is 1. The number of benzene rings is 8. The highest BCUT2D eigenvalue weighted by molar-refractivity contribution is 6.13. The van der Waals surface area contributed by atoms with Crippen LogP contribution in [0.2, 0.25) is 0 Å². The first-order chi connectivity index (χ1) is 30.7. The molecule has 0 saturated carbocycles. The topological polar surface area (TPSA) is 48.8 Å². The molecule has 0 radical (unpaired) electrons. The van der Waals surface area contributed by atoms with Crippen molar-refractivity contribution in [3.63, 3.8) is 0 Å². The maximum absolute atomic E-state index is 6.26. The van der Waals surface area contributed by atoms with Gasteiger partial charge in [0.05, 0.1) is 22.1 Å². The standard InChI is InChI=1S/C52H32N4O.C5H12/c1-3-11-33(12-4-1)35-21-26-47-43(29-35)44-31-37(23-28-48(44)55(47)38-13-5-2-6-14-38)36-22-27-46-42(30-36)40-15-7-9-17-45(40)56(46)39-24-19-34(20-25-39)50-52-51(54-32-53-50)41-16-8-10-18-49(41)57-52;1-3-5-4-2/h1-32H;3-5H2,1-2H3. The van der Waals surface area contributed by atoms with Crippen molar-refractivity contribution in [2.75, 3.05) is 0 Å². The van der Waals surface area contributed by atoms with E-state index in [9.17, 15) is 0 Å². The molecule has 12 rings (SSSR count). The van der Waals surface area contributed by atoms with Gasteiger partial charge >= 0.3 is 0 Å². The quantitative estimate of drug-likeness (QED) is 0.161. The van der Waals surface area contributed by atoms with Gasteiger partial charge in [0, 0.05) is 43.9 Å². The fourth-order valence-electron chi connectivity index (χ4n) is 9.15. The number of hydrogen-bond donors (Lipinski definition) is 0. The predicted octanol–water partition coefficient (Wildman–Crippen LogP) is 15.8. The molecule has 0 atom stereocenters. The van der Waals surface area contributed by atoms with Crippen LogP contribution in [-0.2, 0) is 0 Å². The summed E-state index contributed by atoms with van der Waals surface area (Å²) in [6, 6.07) is 67.3. The molecule has 0 spiro atoms. The molecule has 5 heteroatoms. The predicted molar refractivity (Wildman–Crippen MR) is 259 cm³/mol. The van der Waals surface area contributed by atoms with Crippen LogP contribution in [0.25, 0.3) is 111 Å². The summed E-state index contributed by atoms with van der Waals surface area (Å²) in [6.45, 7) is 4.42. The minimum Gasteiger partial charge on any atom is -0.452 e. The Morgan fingerprint density at radius 1 is 0.403 bits per heavy atom. The highest BCUT2D eigenvalue weighted by Crippen LogP contribution is 2.40. The van der Waals surface area contributed by atoms with Crippen LogP contribution in [0.1, 0.15) is 33.1 Å². The lowest BCUT2D eigenvalue weighted by Gasteiger charge is -2.10. The summed E-state index contributed by atoms with van der Waals surface area (Å²) >= 11 is 0. The SMILES string of the molecule is CCCCC.c1ccc(-c2ccc3c(c2)c2cc(-c4ccc5c(c4)c4ccccc4n5-c4ccc(-c5ncnc6c5oc5ccccc56)cc4)ccc2n3-c2ccccc2)cc1. The Morgan fingerprint density at radius 2 is 0.887 bits per heavy atom. The summed E-state index contributed by atoms with van der Waals surface area (Å²) in [5, 5.41) is 5.89. The van der Waals surface area contributed by atoms with Crippen molar-refractivity contribution in [2.45, 2.75) is 33.1 Å². The second-order valence-corrected chi connectivity index (χ2v) is 16.0. The van der Waals surface area contributed by atoms with Crippen LogP contribution < -0.4 is 0 Å². The first-order valence-corrected chi connectivity index (χ1v) is 21.6. The molecule has 0 N–H and O–H groups in total. The van der Waals surface area contributed by atoms with E-state index in [1.165, 1.54) is 74.1 Å². The molecule has 8 aromatic carbocycles. The number of para-hydroxylation sites is 3. The fraction of sp³-hybridized carbons (Fsp3) is 0.0877. The molecule has 0 amide bonds. The average molecular weight is 801 g/mol. The van der Waals surface area contributed by atoms with Gasteiger partial charge < -0.3 is 13.6 Å². The van der Waals surface area contributed by atoms with Crippen LogP contribution in [-0.4, -0.2) is 19.1 Å². The van der Waals surface area contributed by atoms with Gasteiger partial charge in [-0.25, -0.2) is 9.97 Å². The number of nitrogens with zero attached hydrogens (tertiary/aromatic N) is 4. The number of unbranched alkanes of at least 4 members (excludes halogenated alkanes) is 2. The van der Waals surface area contributed by atoms with Gasteiger partial charge in [0.25, 0.3) is 0 Å². The van der Waals surface area contributed by atoms with Crippen molar-refractivity contribution < 1.29 is 4.42 Å². The van der Waals surface area contributed by atoms with Crippen molar-refractivity contribution >= 4 is 65.7 Å². The molecule has 5 nitrogen and oxygen atoms in total. The van der Waals surface area contributed by atoms with Crippen molar-refractivity contribution in [3.8, 4) is 44.9 Å². The lowest BCUT2D eigenvalue weighted by Crippen LogP contribution is -1.94. The zero-order valence-corrected chi connectivity index (χ0v) is 34.8. The highest BCUT2D eigenvalue weighted by atomic mass is 16.3. The maximum atomic E-state index is 6.26. The first kappa shape index (κ1) is 37.3. The highest BCUT2D eigenvalue weighted by Gasteiger charge is 2.18. The minimum atomic E-state index is 0.704. The molecule has 12 aromatic rings. The van der Waals surface area contributed by atoms with Gasteiger partial charge in [-0.15, -0.1) is 0 Å². The molecule has 0 unspecified atom stereocenters. The normalized spacial score (nSPS) is 11.6. The van der Waals surface area contributed by atoms with Gasteiger partial charge in [0.1, 0.15) is 23.1 Å². The molecule has 4 heterocycles. The lowest BCUT2D eigenvalue weighted by molar-refractivity contribution is 0.667. The summed E-state index contributed by atoms with van der Waals surface area (Å²) in [7, 11) is 0. The number of rotatable bonds is 7. The van der Waals surface area contributed by atoms with Gasteiger partial charge in [-0.2, -0.15) is 0 Å². The van der Waals surface area contributed by atoms with E-state index in [4.69, 9.17) is 4.42 Å². The second-order valence-electron chi connectivity index (χ2n) is 16.0. The van der Waals surface area contributed by atoms with E-state index in [0.29, 0.717) is 5.58 Å². The summed E-state index contributed by atoms with van der Waals surface area (Å²) in [4.78, 5) is 9.22. The number of aromatic nitrogens is 4. The van der Waals surface area contributed by atoms with Crippen molar-refractivity contribution in [3.05, 3.63) is 194 Å². The molecule has 62 heavy (non-hydrogen) atoms. The lowest BCUT2D eigenvalue weighted by atomic mass is 9.99. The minimum absolute atomic E-state index is 0.704. The van der Waals surface area contributed by atoms with Gasteiger partial charge in [-0.05, 0) is 101 Å². The summed E-state index contributed by atoms with van der Waals surface area (Å²) in [5.41, 5.74) is 15.8. The van der Waals surface area contributed by atoms with Crippen LogP contribution in [0.5, 0.6) is 0 Å². The van der Waals surface area contributed by atoms with E-state index in [1.807, 2.05) is 24.3 Å². The Morgan fingerprint density at radius 3 is 1.50 bits per heavy atom. The van der Waals surface area contributed by atoms with Crippen LogP contribution in [0.4, 0.5) is 0 Å². The van der Waals surface area contributed by atoms with Crippen LogP contribution in [0, 0.1) is 0 Å². The van der Waals surface area contributed by atoms with Gasteiger partial charge in [0.2, 0.25) is 0 Å². The second kappa shape index (κ2) is 15.7. The molecule has 0 bridgehead atoms. The first-order valence-electron chi connectivity index (χ1n) is 21.6. The molecule has 0 aliphatic heterocycles. The van der Waals surface area contributed by atoms with Gasteiger partial charge in [-0.3, -0.25) is 0 Å². The molecule has 298 valence electrons. The smallest absolute Gasteiger partial charge is 0.180 e. The third-order valence-corrected chi connectivity index (χ3v) is 12.2. The van der Waals surface area contributed by atoms with Crippen LogP contribution in [0.3, 0.4) is 0 Å². The van der Waals surface area contributed by atoms with Crippen molar-refractivity contribution in [1.29, 1.82) is 0 Å². The third kappa shape index (κ3) is 6.33. The Hall–Kier alpha value is -7.76. The van der Waals surface area contributed by atoms with E-state index in [1.54, 1.807) is 6.33 Å². The Labute approximate surface area is 360 Å². The molecule has 0 saturated heterocycles. The molecule has 0 aliphatic rings. The van der Waals surface area contributed by atoms with Crippen LogP contribution in [0.15, 0.2) is 199 Å². The molecule has 0 fully saturated rings. The Bertz CT molecular complexity index is 3560. The van der Waals surface area contributed by atoms with Crippen LogP contribution >= 0.6 is 0 Å². The van der Waals surface area contributed by atoms with Gasteiger partial charge in [-0.1, -0.05) is 142 Å². The fourth-order valence-corrected chi connectivity index (χ4v) is 9.15. The zero-order chi connectivity index (χ0) is 41.6. The van der Waals surface area contributed by atoms with E-state index >= 15 is 0 Å². The molecule has 0 aliphatic carbocycles.